The molecule has 0 aliphatic carbocycles. The second kappa shape index (κ2) is 5.12. The highest BCUT2D eigenvalue weighted by Crippen LogP contribution is 2.29. The molecular weight excluding hydrogens is 193 g/mol. The quantitative estimate of drug-likeness (QED) is 0.812. The van der Waals surface area contributed by atoms with E-state index in [1.807, 2.05) is 6.92 Å². The van der Waals surface area contributed by atoms with Crippen LogP contribution in [-0.2, 0) is 5.67 Å². The number of alkyl halides is 1. The Morgan fingerprint density at radius 1 is 1.27 bits per heavy atom. The van der Waals surface area contributed by atoms with Crippen LogP contribution in [0.5, 0.6) is 5.75 Å². The molecule has 15 heavy (non-hydrogen) atoms. The summed E-state index contributed by atoms with van der Waals surface area (Å²) in [7, 11) is 0. The molecule has 0 aromatic heterocycles. The summed E-state index contributed by atoms with van der Waals surface area (Å²) >= 11 is 0. The third-order valence-electron chi connectivity index (χ3n) is 2.57. The maximum atomic E-state index is 14.1. The first-order valence-electron chi connectivity index (χ1n) is 5.28. The van der Waals surface area contributed by atoms with Crippen molar-refractivity contribution >= 4 is 0 Å². The molecule has 0 amide bonds. The van der Waals surface area contributed by atoms with Crippen molar-refractivity contribution in [3.8, 4) is 5.75 Å². The fraction of sp³-hybridized carbons (Fsp3) is 0.500. The van der Waals surface area contributed by atoms with Gasteiger partial charge in [-0.1, -0.05) is 19.1 Å². The van der Waals surface area contributed by atoms with Gasteiger partial charge in [-0.3, -0.25) is 0 Å². The fourth-order valence-electron chi connectivity index (χ4n) is 1.48. The minimum atomic E-state index is -1.41. The number of hydrogen-bond acceptors (Lipinski definition) is 2. The Balaban J connectivity index is 2.87. The first-order valence-corrected chi connectivity index (χ1v) is 5.28. The molecule has 0 heterocycles. The highest BCUT2D eigenvalue weighted by atomic mass is 19.1. The third kappa shape index (κ3) is 2.69. The number of halogens is 1. The molecule has 0 saturated carbocycles. The summed E-state index contributed by atoms with van der Waals surface area (Å²) in [5.41, 5.74) is 4.65. The van der Waals surface area contributed by atoms with Crippen LogP contribution in [0.1, 0.15) is 25.8 Å². The van der Waals surface area contributed by atoms with Gasteiger partial charge >= 0.3 is 0 Å². The van der Waals surface area contributed by atoms with Crippen molar-refractivity contribution in [3.63, 3.8) is 0 Å². The van der Waals surface area contributed by atoms with Crippen molar-refractivity contribution in [1.29, 1.82) is 0 Å². The summed E-state index contributed by atoms with van der Waals surface area (Å²) in [5, 5.41) is 0. The maximum Gasteiger partial charge on any atom is 0.147 e. The summed E-state index contributed by atoms with van der Waals surface area (Å²) in [6, 6.07) is 7.03. The van der Waals surface area contributed by atoms with Gasteiger partial charge in [0, 0.05) is 6.54 Å². The van der Waals surface area contributed by atoms with Crippen LogP contribution in [0.25, 0.3) is 0 Å². The Morgan fingerprint density at radius 2 is 1.87 bits per heavy atom. The monoisotopic (exact) mass is 211 g/mol. The van der Waals surface area contributed by atoms with E-state index in [-0.39, 0.29) is 6.54 Å². The predicted molar refractivity (Wildman–Crippen MR) is 59.7 cm³/mol. The van der Waals surface area contributed by atoms with Gasteiger partial charge in [-0.2, -0.15) is 0 Å². The van der Waals surface area contributed by atoms with E-state index in [0.29, 0.717) is 18.6 Å². The molecule has 2 N–H and O–H groups in total. The standard InChI is InChI=1S/C12H18FNO/c1-3-12(13,9-14)10-5-7-11(8-6-10)15-4-2/h5-8H,3-4,9,14H2,1-2H3. The Labute approximate surface area is 90.2 Å². The summed E-state index contributed by atoms with van der Waals surface area (Å²) in [5.74, 6) is 0.761. The molecule has 1 atom stereocenters. The summed E-state index contributed by atoms with van der Waals surface area (Å²) < 4.78 is 19.4. The van der Waals surface area contributed by atoms with E-state index in [1.54, 1.807) is 31.2 Å². The topological polar surface area (TPSA) is 35.2 Å². The zero-order valence-corrected chi connectivity index (χ0v) is 9.29. The van der Waals surface area contributed by atoms with Crippen LogP contribution in [0.4, 0.5) is 4.39 Å². The van der Waals surface area contributed by atoms with E-state index in [9.17, 15) is 4.39 Å². The number of nitrogens with two attached hydrogens (primary N) is 1. The van der Waals surface area contributed by atoms with Gasteiger partial charge < -0.3 is 10.5 Å². The molecule has 3 heteroatoms. The van der Waals surface area contributed by atoms with Gasteiger partial charge in [-0.15, -0.1) is 0 Å². The van der Waals surface area contributed by atoms with E-state index in [1.165, 1.54) is 0 Å². The molecule has 1 aromatic rings. The van der Waals surface area contributed by atoms with Gasteiger partial charge in [0.15, 0.2) is 0 Å². The van der Waals surface area contributed by atoms with Gasteiger partial charge in [0.1, 0.15) is 11.4 Å². The Hall–Kier alpha value is -1.09. The van der Waals surface area contributed by atoms with Crippen LogP contribution in [0.3, 0.4) is 0 Å². The number of hydrogen-bond donors (Lipinski definition) is 1. The van der Waals surface area contributed by atoms with Crippen molar-refractivity contribution in [2.24, 2.45) is 5.73 Å². The minimum absolute atomic E-state index is 0.0114. The fourth-order valence-corrected chi connectivity index (χ4v) is 1.48. The summed E-state index contributed by atoms with van der Waals surface area (Å²) in [6.07, 6.45) is 0.386. The van der Waals surface area contributed by atoms with Gasteiger partial charge in [-0.25, -0.2) is 4.39 Å². The zero-order valence-electron chi connectivity index (χ0n) is 9.29. The van der Waals surface area contributed by atoms with Gasteiger partial charge in [0.2, 0.25) is 0 Å². The molecule has 84 valence electrons. The molecule has 0 fully saturated rings. The predicted octanol–water partition coefficient (Wildman–Crippen LogP) is 2.62. The molecule has 2 nitrogen and oxygen atoms in total. The van der Waals surface area contributed by atoms with E-state index in [2.05, 4.69) is 0 Å². The van der Waals surface area contributed by atoms with Crippen LogP contribution < -0.4 is 10.5 Å². The Kier molecular flexibility index (Phi) is 4.09. The SMILES string of the molecule is CCOc1ccc(C(F)(CC)CN)cc1. The van der Waals surface area contributed by atoms with E-state index in [0.717, 1.165) is 5.75 Å². The minimum Gasteiger partial charge on any atom is -0.494 e. The van der Waals surface area contributed by atoms with Gasteiger partial charge in [-0.05, 0) is 31.0 Å². The Bertz CT molecular complexity index is 293. The third-order valence-corrected chi connectivity index (χ3v) is 2.57. The number of rotatable bonds is 5. The zero-order chi connectivity index (χ0) is 11.3. The van der Waals surface area contributed by atoms with Crippen LogP contribution in [-0.4, -0.2) is 13.2 Å². The second-order valence-corrected chi connectivity index (χ2v) is 3.48. The van der Waals surface area contributed by atoms with E-state index in [4.69, 9.17) is 10.5 Å². The largest absolute Gasteiger partial charge is 0.494 e. The molecule has 1 unspecified atom stereocenters. The second-order valence-electron chi connectivity index (χ2n) is 3.48. The molecular formula is C12H18FNO. The molecule has 1 aromatic carbocycles. The molecule has 0 radical (unpaired) electrons. The van der Waals surface area contributed by atoms with Crippen molar-refractivity contribution in [1.82, 2.24) is 0 Å². The molecule has 0 aliphatic heterocycles. The van der Waals surface area contributed by atoms with Crippen LogP contribution in [0, 0.1) is 0 Å². The summed E-state index contributed by atoms with van der Waals surface area (Å²) in [6.45, 7) is 4.34. The van der Waals surface area contributed by atoms with E-state index < -0.39 is 5.67 Å². The van der Waals surface area contributed by atoms with Crippen LogP contribution >= 0.6 is 0 Å². The van der Waals surface area contributed by atoms with Crippen molar-refractivity contribution in [2.75, 3.05) is 13.2 Å². The first-order chi connectivity index (χ1) is 7.16. The lowest BCUT2D eigenvalue weighted by Gasteiger charge is -2.22. The first kappa shape index (κ1) is 12.0. The molecule has 1 rings (SSSR count). The van der Waals surface area contributed by atoms with Gasteiger partial charge in [0.25, 0.3) is 0 Å². The lowest BCUT2D eigenvalue weighted by Crippen LogP contribution is -2.29. The van der Waals surface area contributed by atoms with Crippen LogP contribution in [0.2, 0.25) is 0 Å². The highest BCUT2D eigenvalue weighted by molar-refractivity contribution is 5.31. The lowest BCUT2D eigenvalue weighted by atomic mass is 9.93. The van der Waals surface area contributed by atoms with Crippen LogP contribution in [0.15, 0.2) is 24.3 Å². The Morgan fingerprint density at radius 3 is 2.27 bits per heavy atom. The molecule has 0 bridgehead atoms. The highest BCUT2D eigenvalue weighted by Gasteiger charge is 2.27. The van der Waals surface area contributed by atoms with Gasteiger partial charge in [0.05, 0.1) is 6.61 Å². The number of benzene rings is 1. The maximum absolute atomic E-state index is 14.1. The molecule has 0 spiro atoms. The van der Waals surface area contributed by atoms with Crippen molar-refractivity contribution < 1.29 is 9.13 Å². The molecule has 0 saturated heterocycles. The van der Waals surface area contributed by atoms with E-state index >= 15 is 0 Å². The summed E-state index contributed by atoms with van der Waals surface area (Å²) in [4.78, 5) is 0. The smallest absolute Gasteiger partial charge is 0.147 e. The van der Waals surface area contributed by atoms with Crippen molar-refractivity contribution in [3.05, 3.63) is 29.8 Å². The average Bonchev–Trinajstić information content (AvgIpc) is 2.29. The molecule has 0 aliphatic rings. The number of ether oxygens (including phenoxy) is 1. The average molecular weight is 211 g/mol. The normalized spacial score (nSPS) is 14.7. The van der Waals surface area contributed by atoms with Crippen molar-refractivity contribution in [2.45, 2.75) is 25.9 Å². The lowest BCUT2D eigenvalue weighted by molar-refractivity contribution is 0.169.